The van der Waals surface area contributed by atoms with E-state index in [9.17, 15) is 9.59 Å². The van der Waals surface area contributed by atoms with Gasteiger partial charge in [-0.2, -0.15) is 0 Å². The first-order valence-corrected chi connectivity index (χ1v) is 12.5. The van der Waals surface area contributed by atoms with Crippen molar-refractivity contribution in [2.24, 2.45) is 5.92 Å². The largest absolute Gasteiger partial charge is 0.381 e. The van der Waals surface area contributed by atoms with E-state index >= 15 is 0 Å². The summed E-state index contributed by atoms with van der Waals surface area (Å²) in [7, 11) is 0. The predicted octanol–water partition coefficient (Wildman–Crippen LogP) is 2.86. The van der Waals surface area contributed by atoms with Crippen LogP contribution in [0.1, 0.15) is 18.4 Å². The van der Waals surface area contributed by atoms with Crippen molar-refractivity contribution in [2.45, 2.75) is 30.4 Å². The van der Waals surface area contributed by atoms with Gasteiger partial charge in [0.05, 0.1) is 25.0 Å². The van der Waals surface area contributed by atoms with Gasteiger partial charge in [0.25, 0.3) is 0 Å². The summed E-state index contributed by atoms with van der Waals surface area (Å²) < 4.78 is 11.7. The van der Waals surface area contributed by atoms with Gasteiger partial charge in [0, 0.05) is 50.1 Å². The van der Waals surface area contributed by atoms with E-state index in [1.807, 2.05) is 47.4 Å². The van der Waals surface area contributed by atoms with Crippen LogP contribution in [0.5, 0.6) is 0 Å². The van der Waals surface area contributed by atoms with Crippen molar-refractivity contribution in [2.75, 3.05) is 45.1 Å². The van der Waals surface area contributed by atoms with E-state index in [1.165, 1.54) is 11.8 Å². The third-order valence-corrected chi connectivity index (χ3v) is 7.04. The number of benzene rings is 1. The number of ether oxygens (including phenoxy) is 2. The van der Waals surface area contributed by atoms with Crippen LogP contribution in [0, 0.1) is 5.92 Å². The molecule has 7 nitrogen and oxygen atoms in total. The lowest BCUT2D eigenvalue weighted by Gasteiger charge is -2.30. The Morgan fingerprint density at radius 1 is 1.09 bits per heavy atom. The lowest BCUT2D eigenvalue weighted by Crippen LogP contribution is -2.42. The van der Waals surface area contributed by atoms with Gasteiger partial charge in [-0.05, 0) is 48.6 Å². The molecule has 3 heterocycles. The Bertz CT molecular complexity index is 893. The molecule has 2 aromatic rings. The highest BCUT2D eigenvalue weighted by molar-refractivity contribution is 8.00. The van der Waals surface area contributed by atoms with Crippen LogP contribution >= 0.6 is 11.8 Å². The normalized spacial score (nSPS) is 20.0. The Morgan fingerprint density at radius 3 is 2.61 bits per heavy atom. The van der Waals surface area contributed by atoms with Crippen molar-refractivity contribution < 1.29 is 19.1 Å². The van der Waals surface area contributed by atoms with Crippen molar-refractivity contribution in [1.82, 2.24) is 14.8 Å². The lowest BCUT2D eigenvalue weighted by atomic mass is 9.99. The number of thioether (sulfide) groups is 1. The van der Waals surface area contributed by atoms with Gasteiger partial charge in [-0.1, -0.05) is 18.2 Å². The first-order chi connectivity index (χ1) is 16.2. The van der Waals surface area contributed by atoms with Crippen LogP contribution in [-0.4, -0.2) is 77.8 Å². The van der Waals surface area contributed by atoms with E-state index in [0.29, 0.717) is 37.9 Å². The van der Waals surface area contributed by atoms with Gasteiger partial charge in [-0.15, -0.1) is 11.8 Å². The molecule has 2 saturated heterocycles. The monoisotopic (exact) mass is 469 g/mol. The molecule has 33 heavy (non-hydrogen) atoms. The highest BCUT2D eigenvalue weighted by atomic mass is 32.2. The molecule has 2 fully saturated rings. The fraction of sp³-hybridized carbons (Fsp3) is 0.480. The second-order valence-corrected chi connectivity index (χ2v) is 9.57. The molecule has 2 aliphatic heterocycles. The molecule has 1 atom stereocenters. The van der Waals surface area contributed by atoms with Crippen molar-refractivity contribution in [3.05, 3.63) is 60.4 Å². The van der Waals surface area contributed by atoms with Crippen LogP contribution in [-0.2, 0) is 25.7 Å². The van der Waals surface area contributed by atoms with E-state index in [2.05, 4.69) is 4.98 Å². The highest BCUT2D eigenvalue weighted by Gasteiger charge is 2.32. The van der Waals surface area contributed by atoms with Gasteiger partial charge in [-0.25, -0.2) is 0 Å². The zero-order chi connectivity index (χ0) is 22.9. The lowest BCUT2D eigenvalue weighted by molar-refractivity contribution is -0.137. The Labute approximate surface area is 199 Å². The number of hydrogen-bond acceptors (Lipinski definition) is 6. The molecular weight excluding hydrogens is 438 g/mol. The summed E-state index contributed by atoms with van der Waals surface area (Å²) in [6, 6.07) is 13.7. The molecule has 1 aromatic carbocycles. The topological polar surface area (TPSA) is 72.0 Å². The standard InChI is InChI=1S/C25H31N3O4S/c29-24-17-28(25(30)19-33-23-4-2-1-3-5-23)16-22(32-18-21-6-10-26-11-7-21)15-27(24)14-20-8-12-31-13-9-20/h1-7,10-11,20,22H,8-9,12-19H2/t22-/m1/s1. The Hall–Kier alpha value is -2.42. The van der Waals surface area contributed by atoms with Crippen molar-refractivity contribution >= 4 is 23.6 Å². The summed E-state index contributed by atoms with van der Waals surface area (Å²) in [6.07, 6.45) is 5.16. The maximum atomic E-state index is 13.1. The average molecular weight is 470 g/mol. The highest BCUT2D eigenvalue weighted by Crippen LogP contribution is 2.21. The fourth-order valence-corrected chi connectivity index (χ4v) is 4.96. The van der Waals surface area contributed by atoms with Gasteiger partial charge in [0.1, 0.15) is 0 Å². The van der Waals surface area contributed by atoms with E-state index in [-0.39, 0.29) is 24.5 Å². The molecule has 0 unspecified atom stereocenters. The second-order valence-electron chi connectivity index (χ2n) is 8.52. The van der Waals surface area contributed by atoms with Gasteiger partial charge >= 0.3 is 0 Å². The third kappa shape index (κ3) is 7.28. The summed E-state index contributed by atoms with van der Waals surface area (Å²) in [5, 5.41) is 0. The van der Waals surface area contributed by atoms with Gasteiger partial charge in [-0.3, -0.25) is 14.6 Å². The Morgan fingerprint density at radius 2 is 1.85 bits per heavy atom. The minimum absolute atomic E-state index is 0.00503. The molecule has 176 valence electrons. The average Bonchev–Trinajstić information content (AvgIpc) is 3.02. The number of rotatable bonds is 8. The molecular formula is C25H31N3O4S. The number of carbonyl (C=O) groups is 2. The predicted molar refractivity (Wildman–Crippen MR) is 127 cm³/mol. The maximum Gasteiger partial charge on any atom is 0.242 e. The summed E-state index contributed by atoms with van der Waals surface area (Å²) in [5.41, 5.74) is 1.02. The second kappa shape index (κ2) is 12.2. The minimum atomic E-state index is -0.241. The Balaban J connectivity index is 1.41. The van der Waals surface area contributed by atoms with Crippen molar-refractivity contribution in [3.8, 4) is 0 Å². The molecule has 0 N–H and O–H groups in total. The molecule has 4 rings (SSSR count). The van der Waals surface area contributed by atoms with E-state index < -0.39 is 0 Å². The van der Waals surface area contributed by atoms with E-state index in [1.54, 1.807) is 17.3 Å². The molecule has 0 aliphatic carbocycles. The van der Waals surface area contributed by atoms with Crippen LogP contribution in [0.2, 0.25) is 0 Å². The zero-order valence-corrected chi connectivity index (χ0v) is 19.6. The summed E-state index contributed by atoms with van der Waals surface area (Å²) in [4.78, 5) is 34.8. The van der Waals surface area contributed by atoms with Gasteiger partial charge < -0.3 is 19.3 Å². The maximum absolute atomic E-state index is 13.1. The van der Waals surface area contributed by atoms with Crippen LogP contribution in [0.4, 0.5) is 0 Å². The van der Waals surface area contributed by atoms with Gasteiger partial charge in [0.2, 0.25) is 11.8 Å². The number of amides is 2. The minimum Gasteiger partial charge on any atom is -0.381 e. The molecule has 0 radical (unpaired) electrons. The third-order valence-electron chi connectivity index (χ3n) is 6.04. The number of nitrogens with zero attached hydrogens (tertiary/aromatic N) is 3. The molecule has 0 bridgehead atoms. The SMILES string of the molecule is O=C(CSc1ccccc1)N1CC(=O)N(CC2CCOCC2)C[C@@H](OCc2ccncc2)C1. The number of hydrogen-bond donors (Lipinski definition) is 0. The van der Waals surface area contributed by atoms with Crippen molar-refractivity contribution in [3.63, 3.8) is 0 Å². The quantitative estimate of drug-likeness (QED) is 0.554. The first-order valence-electron chi connectivity index (χ1n) is 11.5. The van der Waals surface area contributed by atoms with Crippen LogP contribution in [0.25, 0.3) is 0 Å². The Kier molecular flexibility index (Phi) is 8.74. The molecule has 8 heteroatoms. The molecule has 0 spiro atoms. The fourth-order valence-electron chi connectivity index (χ4n) is 4.14. The van der Waals surface area contributed by atoms with Crippen molar-refractivity contribution in [1.29, 1.82) is 0 Å². The zero-order valence-electron chi connectivity index (χ0n) is 18.8. The smallest absolute Gasteiger partial charge is 0.242 e. The first kappa shape index (κ1) is 23.7. The molecule has 1 aromatic heterocycles. The van der Waals surface area contributed by atoms with Crippen LogP contribution in [0.3, 0.4) is 0 Å². The molecule has 0 saturated carbocycles. The van der Waals surface area contributed by atoms with E-state index in [0.717, 1.165) is 36.5 Å². The number of aromatic nitrogens is 1. The number of carbonyl (C=O) groups excluding carboxylic acids is 2. The van der Waals surface area contributed by atoms with Crippen LogP contribution in [0.15, 0.2) is 59.8 Å². The molecule has 2 aliphatic rings. The van der Waals surface area contributed by atoms with Crippen LogP contribution < -0.4 is 0 Å². The summed E-state index contributed by atoms with van der Waals surface area (Å²) in [5.74, 6) is 0.686. The van der Waals surface area contributed by atoms with Gasteiger partial charge in [0.15, 0.2) is 0 Å². The number of pyridine rings is 1. The summed E-state index contributed by atoms with van der Waals surface area (Å²) in [6.45, 7) is 3.62. The molecule has 2 amide bonds. The summed E-state index contributed by atoms with van der Waals surface area (Å²) >= 11 is 1.49. The van der Waals surface area contributed by atoms with E-state index in [4.69, 9.17) is 9.47 Å².